The van der Waals surface area contributed by atoms with Crippen LogP contribution in [0.2, 0.25) is 0 Å². The first-order chi connectivity index (χ1) is 15.3. The zero-order valence-electron chi connectivity index (χ0n) is 19.0. The Kier molecular flexibility index (Phi) is 6.48. The van der Waals surface area contributed by atoms with E-state index >= 15 is 0 Å². The molecule has 2 N–H and O–H groups in total. The van der Waals surface area contributed by atoms with Crippen LogP contribution >= 0.6 is 0 Å². The Labute approximate surface area is 188 Å². The highest BCUT2D eigenvalue weighted by Gasteiger charge is 2.30. The van der Waals surface area contributed by atoms with Crippen LogP contribution in [-0.4, -0.2) is 75.8 Å². The van der Waals surface area contributed by atoms with Crippen molar-refractivity contribution in [2.75, 3.05) is 38.0 Å². The van der Waals surface area contributed by atoms with E-state index in [2.05, 4.69) is 20.4 Å². The van der Waals surface area contributed by atoms with Crippen LogP contribution in [0.15, 0.2) is 35.1 Å². The Morgan fingerprint density at radius 2 is 1.75 bits per heavy atom. The molecule has 2 fully saturated rings. The fourth-order valence-electron chi connectivity index (χ4n) is 4.12. The summed E-state index contributed by atoms with van der Waals surface area (Å²) in [5.74, 6) is -0.114. The van der Waals surface area contributed by atoms with Crippen molar-refractivity contribution >= 4 is 17.5 Å². The molecule has 2 aliphatic rings. The summed E-state index contributed by atoms with van der Waals surface area (Å²) in [7, 11) is 1.80. The van der Waals surface area contributed by atoms with Gasteiger partial charge in [0.2, 0.25) is 11.8 Å². The van der Waals surface area contributed by atoms with E-state index in [0.717, 1.165) is 31.6 Å². The maximum atomic E-state index is 13.0. The Morgan fingerprint density at radius 1 is 1.09 bits per heavy atom. The normalized spacial score (nSPS) is 18.3. The highest BCUT2D eigenvalue weighted by atomic mass is 16.2. The second-order valence-electron chi connectivity index (χ2n) is 8.76. The van der Waals surface area contributed by atoms with Gasteiger partial charge in [0.1, 0.15) is 5.69 Å². The Bertz CT molecular complexity index is 1030. The number of hydrogen-bond acceptors (Lipinski definition) is 5. The first-order valence-electron chi connectivity index (χ1n) is 11.3. The minimum atomic E-state index is -0.245. The van der Waals surface area contributed by atoms with Crippen molar-refractivity contribution in [3.05, 3.63) is 46.4 Å². The van der Waals surface area contributed by atoms with Gasteiger partial charge in [-0.1, -0.05) is 18.2 Å². The molecule has 172 valence electrons. The molecule has 9 heteroatoms. The third kappa shape index (κ3) is 4.78. The number of nitrogens with one attached hydrogen (secondary N) is 2. The molecule has 1 saturated heterocycles. The van der Waals surface area contributed by atoms with Crippen LogP contribution in [-0.2, 0) is 16.6 Å². The first-order valence-corrected chi connectivity index (χ1v) is 11.3. The quantitative estimate of drug-likeness (QED) is 0.662. The SMILES string of the molecule is Cc1c(NC(=O)CN2CCN(C(C)C(=O)NC3CC3)CC2)c(=O)n(-c2ccccc2)n1C. The monoisotopic (exact) mass is 440 g/mol. The van der Waals surface area contributed by atoms with Gasteiger partial charge in [-0.15, -0.1) is 0 Å². The van der Waals surface area contributed by atoms with E-state index in [1.807, 2.05) is 44.2 Å². The van der Waals surface area contributed by atoms with Crippen LogP contribution in [0, 0.1) is 6.92 Å². The van der Waals surface area contributed by atoms with Crippen molar-refractivity contribution in [3.8, 4) is 5.69 Å². The molecule has 0 spiro atoms. The summed E-state index contributed by atoms with van der Waals surface area (Å²) in [5.41, 5.74) is 1.52. The summed E-state index contributed by atoms with van der Waals surface area (Å²) in [6, 6.07) is 9.57. The summed E-state index contributed by atoms with van der Waals surface area (Å²) < 4.78 is 3.30. The lowest BCUT2D eigenvalue weighted by Crippen LogP contribution is -2.55. The van der Waals surface area contributed by atoms with Gasteiger partial charge < -0.3 is 10.6 Å². The lowest BCUT2D eigenvalue weighted by Gasteiger charge is -2.37. The first kappa shape index (κ1) is 22.3. The molecule has 2 heterocycles. The molecule has 2 aromatic rings. The molecule has 1 aromatic heterocycles. The Hall–Kier alpha value is -2.91. The van der Waals surface area contributed by atoms with Crippen molar-refractivity contribution in [1.82, 2.24) is 24.5 Å². The van der Waals surface area contributed by atoms with E-state index in [1.54, 1.807) is 16.4 Å². The molecule has 1 aliphatic heterocycles. The van der Waals surface area contributed by atoms with Crippen LogP contribution < -0.4 is 16.2 Å². The van der Waals surface area contributed by atoms with Crippen molar-refractivity contribution < 1.29 is 9.59 Å². The molecule has 1 aliphatic carbocycles. The summed E-state index contributed by atoms with van der Waals surface area (Å²) in [4.78, 5) is 42.2. The van der Waals surface area contributed by atoms with E-state index in [1.165, 1.54) is 0 Å². The smallest absolute Gasteiger partial charge is 0.295 e. The molecule has 1 saturated carbocycles. The maximum absolute atomic E-state index is 13.0. The highest BCUT2D eigenvalue weighted by molar-refractivity contribution is 5.92. The number of carbonyl (C=O) groups excluding carboxylic acids is 2. The molecular formula is C23H32N6O3. The molecule has 32 heavy (non-hydrogen) atoms. The van der Waals surface area contributed by atoms with E-state index in [-0.39, 0.29) is 30.0 Å². The maximum Gasteiger partial charge on any atom is 0.295 e. The lowest BCUT2D eigenvalue weighted by atomic mass is 10.2. The van der Waals surface area contributed by atoms with E-state index in [9.17, 15) is 14.4 Å². The van der Waals surface area contributed by atoms with Crippen molar-refractivity contribution in [2.24, 2.45) is 7.05 Å². The molecule has 1 aromatic carbocycles. The fourth-order valence-corrected chi connectivity index (χ4v) is 4.12. The molecule has 9 nitrogen and oxygen atoms in total. The molecular weight excluding hydrogens is 408 g/mol. The second kappa shape index (κ2) is 9.30. The predicted octanol–water partition coefficient (Wildman–Crippen LogP) is 0.708. The summed E-state index contributed by atoms with van der Waals surface area (Å²) in [5, 5.41) is 5.88. The van der Waals surface area contributed by atoms with Gasteiger partial charge in [0.05, 0.1) is 24.0 Å². The van der Waals surface area contributed by atoms with E-state index in [0.29, 0.717) is 30.5 Å². The molecule has 0 radical (unpaired) electrons. The van der Waals surface area contributed by atoms with Crippen molar-refractivity contribution in [3.63, 3.8) is 0 Å². The number of hydrogen-bond donors (Lipinski definition) is 2. The number of para-hydroxylation sites is 1. The van der Waals surface area contributed by atoms with Gasteiger partial charge in [-0.3, -0.25) is 28.9 Å². The third-order valence-electron chi connectivity index (χ3n) is 6.44. The second-order valence-corrected chi connectivity index (χ2v) is 8.76. The highest BCUT2D eigenvalue weighted by Crippen LogP contribution is 2.19. The number of anilines is 1. The summed E-state index contributed by atoms with van der Waals surface area (Å²) in [6.07, 6.45) is 2.16. The molecule has 0 bridgehead atoms. The minimum absolute atomic E-state index is 0.0907. The summed E-state index contributed by atoms with van der Waals surface area (Å²) >= 11 is 0. The number of piperazine rings is 1. The molecule has 1 atom stereocenters. The van der Waals surface area contributed by atoms with Gasteiger partial charge in [-0.2, -0.15) is 0 Å². The van der Waals surface area contributed by atoms with Crippen LogP contribution in [0.1, 0.15) is 25.5 Å². The molecule has 1 unspecified atom stereocenters. The Balaban J connectivity index is 1.33. The van der Waals surface area contributed by atoms with Gasteiger partial charge in [0.25, 0.3) is 5.56 Å². The molecule has 4 rings (SSSR count). The predicted molar refractivity (Wildman–Crippen MR) is 123 cm³/mol. The zero-order chi connectivity index (χ0) is 22.8. The van der Waals surface area contributed by atoms with E-state index in [4.69, 9.17) is 0 Å². The summed E-state index contributed by atoms with van der Waals surface area (Å²) in [6.45, 7) is 6.86. The zero-order valence-corrected chi connectivity index (χ0v) is 19.0. The minimum Gasteiger partial charge on any atom is -0.352 e. The van der Waals surface area contributed by atoms with Gasteiger partial charge in [-0.05, 0) is 38.8 Å². The Morgan fingerprint density at radius 3 is 2.38 bits per heavy atom. The number of nitrogens with zero attached hydrogens (tertiary/aromatic N) is 4. The van der Waals surface area contributed by atoms with Crippen molar-refractivity contribution in [2.45, 2.75) is 38.8 Å². The fraction of sp³-hybridized carbons (Fsp3) is 0.522. The number of benzene rings is 1. The largest absolute Gasteiger partial charge is 0.352 e. The standard InChI is InChI=1S/C23H32N6O3/c1-16-21(23(32)29(26(16)3)19-7-5-4-6-8-19)25-20(30)15-27-11-13-28(14-12-27)17(2)22(31)24-18-9-10-18/h4-8,17-18H,9-15H2,1-3H3,(H,24,31)(H,25,30). The molecule has 2 amide bonds. The van der Waals surface area contributed by atoms with Gasteiger partial charge >= 0.3 is 0 Å². The van der Waals surface area contributed by atoms with Crippen LogP contribution in [0.3, 0.4) is 0 Å². The van der Waals surface area contributed by atoms with Crippen LogP contribution in [0.25, 0.3) is 5.69 Å². The number of carbonyl (C=O) groups is 2. The third-order valence-corrected chi connectivity index (χ3v) is 6.44. The van der Waals surface area contributed by atoms with E-state index < -0.39 is 0 Å². The van der Waals surface area contributed by atoms with Gasteiger partial charge in [0, 0.05) is 39.3 Å². The van der Waals surface area contributed by atoms with Gasteiger partial charge in [-0.25, -0.2) is 4.68 Å². The lowest BCUT2D eigenvalue weighted by molar-refractivity contribution is -0.127. The number of aromatic nitrogens is 2. The van der Waals surface area contributed by atoms with Crippen LogP contribution in [0.5, 0.6) is 0 Å². The van der Waals surface area contributed by atoms with Crippen molar-refractivity contribution in [1.29, 1.82) is 0 Å². The topological polar surface area (TPSA) is 91.6 Å². The number of rotatable bonds is 7. The average molecular weight is 441 g/mol. The van der Waals surface area contributed by atoms with Gasteiger partial charge in [0.15, 0.2) is 0 Å². The van der Waals surface area contributed by atoms with Crippen LogP contribution in [0.4, 0.5) is 5.69 Å². The average Bonchev–Trinajstić information content (AvgIpc) is 3.58. The number of amides is 2.